The van der Waals surface area contributed by atoms with Crippen molar-refractivity contribution in [3.63, 3.8) is 0 Å². The number of fused-ring (bicyclic) bond motifs is 1. The zero-order valence-corrected chi connectivity index (χ0v) is 29.8. The van der Waals surface area contributed by atoms with Crippen molar-refractivity contribution in [2.45, 2.75) is 101 Å². The molecule has 1 saturated carbocycles. The predicted octanol–water partition coefficient (Wildman–Crippen LogP) is 5.98. The summed E-state index contributed by atoms with van der Waals surface area (Å²) >= 11 is 6.08. The molecule has 50 heavy (non-hydrogen) atoms. The topological polar surface area (TPSA) is 126 Å². The minimum atomic E-state index is -0.893. The number of nitrogens with one attached hydrogen (secondary N) is 3. The summed E-state index contributed by atoms with van der Waals surface area (Å²) in [6.45, 7) is 2.62. The van der Waals surface area contributed by atoms with Crippen LogP contribution in [0, 0.1) is 5.92 Å². The molecular formula is C39H50ClN5O5. The first-order valence-corrected chi connectivity index (χ1v) is 18.7. The fourth-order valence-electron chi connectivity index (χ4n) is 7.49. The molecule has 3 fully saturated rings. The van der Waals surface area contributed by atoms with Crippen molar-refractivity contribution in [3.8, 4) is 0 Å². The van der Waals surface area contributed by atoms with Gasteiger partial charge in [0.2, 0.25) is 17.6 Å². The van der Waals surface area contributed by atoms with Crippen LogP contribution in [0.15, 0.2) is 64.6 Å². The van der Waals surface area contributed by atoms with Gasteiger partial charge in [-0.15, -0.1) is 0 Å². The Kier molecular flexibility index (Phi) is 12.7. The Hall–Kier alpha value is -3.57. The summed E-state index contributed by atoms with van der Waals surface area (Å²) < 4.78 is 12.1. The van der Waals surface area contributed by atoms with Crippen molar-refractivity contribution in [2.75, 3.05) is 26.7 Å². The first kappa shape index (κ1) is 36.2. The smallest absolute Gasteiger partial charge is 0.266 e. The third kappa shape index (κ3) is 9.40. The summed E-state index contributed by atoms with van der Waals surface area (Å²) in [6.07, 6.45) is 11.7. The molecule has 6 rings (SSSR count). The van der Waals surface area contributed by atoms with E-state index in [2.05, 4.69) is 27.0 Å². The second kappa shape index (κ2) is 17.6. The van der Waals surface area contributed by atoms with Gasteiger partial charge in [-0.2, -0.15) is 0 Å². The summed E-state index contributed by atoms with van der Waals surface area (Å²) in [7, 11) is 1.80. The number of halogens is 1. The average molecular weight is 704 g/mol. The van der Waals surface area contributed by atoms with Crippen molar-refractivity contribution >= 4 is 40.3 Å². The first-order chi connectivity index (χ1) is 24.4. The minimum Gasteiger partial charge on any atom is -0.434 e. The molecule has 0 spiro atoms. The second-order valence-corrected chi connectivity index (χ2v) is 14.4. The minimum absolute atomic E-state index is 0.0322. The standard InChI is InChI=1S/C39H50ClN5O5/c1-41-33(18-14-27-19-21-42-22-20-27)39(48)45-24-30(49-25-28-11-15-29(40)16-12-28)23-34(45)37(47)43-32(17-13-26-7-3-2-4-8-26)36(46)38-44-31-9-5-6-10-35(31)50-38/h5-6,9-13,15-16,27,30,32-34,41-42H,2-4,7-8,14,17-25H2,1H3,(H,43,47)/t30-,32+,33-,34+/m1/s1. The van der Waals surface area contributed by atoms with Gasteiger partial charge in [-0.25, -0.2) is 4.98 Å². The summed E-state index contributed by atoms with van der Waals surface area (Å²) in [5.74, 6) is -0.338. The predicted molar refractivity (Wildman–Crippen MR) is 194 cm³/mol. The SMILES string of the molecule is CN[C@H](CCC1CCNCC1)C(=O)N1C[C@H](OCc2ccc(Cl)cc2)C[C@H]1C(=O)N[C@@H](CC=C1CCCCC1)C(=O)c1nc2ccccc2o1. The van der Waals surface area contributed by atoms with Crippen LogP contribution < -0.4 is 16.0 Å². The number of likely N-dealkylation sites (N-methyl/N-ethyl adjacent to an activating group) is 1. The van der Waals surface area contributed by atoms with Crippen LogP contribution in [0.4, 0.5) is 0 Å². The number of hydrogen-bond donors (Lipinski definition) is 3. The van der Waals surface area contributed by atoms with E-state index in [0.717, 1.165) is 63.6 Å². The molecule has 3 aromatic rings. The van der Waals surface area contributed by atoms with Gasteiger partial charge in [0.1, 0.15) is 17.6 Å². The fourth-order valence-corrected chi connectivity index (χ4v) is 7.62. The fraction of sp³-hybridized carbons (Fsp3) is 0.538. The lowest BCUT2D eigenvalue weighted by Crippen LogP contribution is -2.54. The van der Waals surface area contributed by atoms with Gasteiger partial charge in [0.05, 0.1) is 18.8 Å². The lowest BCUT2D eigenvalue weighted by Gasteiger charge is -2.30. The van der Waals surface area contributed by atoms with Gasteiger partial charge in [0.15, 0.2) is 5.58 Å². The molecule has 0 radical (unpaired) electrons. The number of hydrogen-bond acceptors (Lipinski definition) is 8. The molecule has 3 heterocycles. The number of Topliss-reactive ketones (excluding diaryl/α,β-unsaturated/α-hetero) is 1. The molecule has 1 aliphatic carbocycles. The molecule has 0 unspecified atom stereocenters. The van der Waals surface area contributed by atoms with Crippen molar-refractivity contribution in [1.82, 2.24) is 25.8 Å². The van der Waals surface area contributed by atoms with E-state index in [4.69, 9.17) is 20.8 Å². The van der Waals surface area contributed by atoms with E-state index < -0.39 is 18.1 Å². The molecular weight excluding hydrogens is 654 g/mol. The summed E-state index contributed by atoms with van der Waals surface area (Å²) in [5.41, 5.74) is 3.36. The normalized spacial score (nSPS) is 21.2. The highest BCUT2D eigenvalue weighted by atomic mass is 35.5. The number of amides is 2. The van der Waals surface area contributed by atoms with E-state index in [1.807, 2.05) is 36.4 Å². The van der Waals surface area contributed by atoms with Crippen LogP contribution >= 0.6 is 11.6 Å². The third-order valence-electron chi connectivity index (χ3n) is 10.5. The maximum Gasteiger partial charge on any atom is 0.266 e. The molecule has 2 saturated heterocycles. The highest BCUT2D eigenvalue weighted by molar-refractivity contribution is 6.30. The van der Waals surface area contributed by atoms with Gasteiger partial charge in [0, 0.05) is 18.0 Å². The number of carbonyl (C=O) groups is 3. The molecule has 3 aliphatic rings. The number of benzene rings is 2. The average Bonchev–Trinajstić information content (AvgIpc) is 3.79. The second-order valence-electron chi connectivity index (χ2n) is 14.0. The first-order valence-electron chi connectivity index (χ1n) is 18.3. The molecule has 268 valence electrons. The zero-order valence-electron chi connectivity index (χ0n) is 29.0. The number of allylic oxidation sites excluding steroid dienone is 1. The maximum atomic E-state index is 14.3. The Labute approximate surface area is 299 Å². The Morgan fingerprint density at radius 1 is 1.06 bits per heavy atom. The molecule has 11 heteroatoms. The Balaban J connectivity index is 1.20. The van der Waals surface area contributed by atoms with Gasteiger partial charge < -0.3 is 30.0 Å². The molecule has 10 nitrogen and oxygen atoms in total. The number of aromatic nitrogens is 1. The van der Waals surface area contributed by atoms with Crippen molar-refractivity contribution in [2.24, 2.45) is 5.92 Å². The number of ketones is 1. The molecule has 2 aromatic carbocycles. The monoisotopic (exact) mass is 703 g/mol. The zero-order chi connectivity index (χ0) is 34.9. The highest BCUT2D eigenvalue weighted by Gasteiger charge is 2.43. The van der Waals surface area contributed by atoms with Crippen LogP contribution in [0.5, 0.6) is 0 Å². The Morgan fingerprint density at radius 2 is 1.82 bits per heavy atom. The molecule has 2 aliphatic heterocycles. The lowest BCUT2D eigenvalue weighted by molar-refractivity contribution is -0.140. The number of piperidine rings is 1. The summed E-state index contributed by atoms with van der Waals surface area (Å²) in [5, 5.41) is 10.3. The van der Waals surface area contributed by atoms with Crippen LogP contribution in [0.1, 0.15) is 86.9 Å². The van der Waals surface area contributed by atoms with E-state index in [-0.39, 0.29) is 36.1 Å². The number of oxazole rings is 1. The lowest BCUT2D eigenvalue weighted by atomic mass is 9.91. The maximum absolute atomic E-state index is 14.3. The summed E-state index contributed by atoms with van der Waals surface area (Å²) in [4.78, 5) is 48.5. The van der Waals surface area contributed by atoms with Crippen LogP contribution in [0.2, 0.25) is 5.02 Å². The van der Waals surface area contributed by atoms with Gasteiger partial charge in [-0.05, 0) is 114 Å². The van der Waals surface area contributed by atoms with Gasteiger partial charge >= 0.3 is 0 Å². The van der Waals surface area contributed by atoms with Crippen LogP contribution in [-0.4, -0.2) is 78.4 Å². The molecule has 0 bridgehead atoms. The number of rotatable bonds is 14. The number of nitrogens with zero attached hydrogens (tertiary/aromatic N) is 2. The number of ether oxygens (including phenoxy) is 1. The van der Waals surface area contributed by atoms with Gasteiger partial charge in [-0.1, -0.05) is 53.9 Å². The van der Waals surface area contributed by atoms with E-state index >= 15 is 0 Å². The molecule has 3 N–H and O–H groups in total. The quantitative estimate of drug-likeness (QED) is 0.138. The molecule has 2 amide bonds. The van der Waals surface area contributed by atoms with E-state index in [1.54, 1.807) is 24.1 Å². The van der Waals surface area contributed by atoms with Crippen LogP contribution in [0.25, 0.3) is 11.1 Å². The van der Waals surface area contributed by atoms with E-state index in [0.29, 0.717) is 47.9 Å². The number of carbonyl (C=O) groups excluding carboxylic acids is 3. The molecule has 1 aromatic heterocycles. The Bertz CT molecular complexity index is 1590. The third-order valence-corrected chi connectivity index (χ3v) is 10.7. The van der Waals surface area contributed by atoms with E-state index in [9.17, 15) is 14.4 Å². The Morgan fingerprint density at radius 3 is 2.56 bits per heavy atom. The summed E-state index contributed by atoms with van der Waals surface area (Å²) in [6, 6.07) is 12.6. The number of likely N-dealkylation sites (tertiary alicyclic amines) is 1. The van der Waals surface area contributed by atoms with Crippen molar-refractivity contribution < 1.29 is 23.5 Å². The van der Waals surface area contributed by atoms with Gasteiger partial charge in [-0.3, -0.25) is 14.4 Å². The van der Waals surface area contributed by atoms with Crippen LogP contribution in [0.3, 0.4) is 0 Å². The largest absolute Gasteiger partial charge is 0.434 e. The van der Waals surface area contributed by atoms with E-state index in [1.165, 1.54) is 12.0 Å². The van der Waals surface area contributed by atoms with Crippen LogP contribution in [-0.2, 0) is 20.9 Å². The highest BCUT2D eigenvalue weighted by Crippen LogP contribution is 2.27. The molecule has 4 atom stereocenters. The van der Waals surface area contributed by atoms with Gasteiger partial charge in [0.25, 0.3) is 5.89 Å². The van der Waals surface area contributed by atoms with Crippen molar-refractivity contribution in [1.29, 1.82) is 0 Å². The van der Waals surface area contributed by atoms with Crippen molar-refractivity contribution in [3.05, 3.63) is 76.7 Å². The number of para-hydroxylation sites is 2.